The van der Waals surface area contributed by atoms with E-state index in [0.717, 1.165) is 42.9 Å². The minimum Gasteiger partial charge on any atom is -0.375 e. The predicted octanol–water partition coefficient (Wildman–Crippen LogP) is 1.01. The monoisotopic (exact) mass is 288 g/mol. The molecular weight excluding hydrogens is 268 g/mol. The molecule has 1 amide bonds. The smallest absolute Gasteiger partial charge is 0.248 e. The molecule has 0 N–H and O–H groups in total. The van der Waals surface area contributed by atoms with Crippen LogP contribution in [0.2, 0.25) is 0 Å². The molecule has 3 heterocycles. The van der Waals surface area contributed by atoms with Gasteiger partial charge in [-0.2, -0.15) is 0 Å². The van der Waals surface area contributed by atoms with Crippen LogP contribution in [-0.4, -0.2) is 52.1 Å². The van der Waals surface area contributed by atoms with Crippen LogP contribution in [-0.2, 0) is 23.0 Å². The van der Waals surface area contributed by atoms with Gasteiger partial charge in [-0.3, -0.25) is 4.79 Å². The number of likely N-dealkylation sites (tertiary alicyclic amines) is 1. The first-order valence-electron chi connectivity index (χ1n) is 7.22. The van der Waals surface area contributed by atoms with Crippen LogP contribution in [0.1, 0.15) is 12.2 Å². The lowest BCUT2D eigenvalue weighted by Crippen LogP contribution is -2.31. The number of imidazole rings is 1. The Balaban J connectivity index is 1.69. The Labute approximate surface area is 123 Å². The summed E-state index contributed by atoms with van der Waals surface area (Å²) in [6.07, 6.45) is 3.68. The number of aryl methyl sites for hydroxylation is 1. The van der Waals surface area contributed by atoms with Crippen molar-refractivity contribution in [1.82, 2.24) is 19.4 Å². The summed E-state index contributed by atoms with van der Waals surface area (Å²) in [7, 11) is 3.55. The number of hydrogen-bond acceptors (Lipinski definition) is 4. The summed E-state index contributed by atoms with van der Waals surface area (Å²) in [5.41, 5.74) is 1.85. The minimum absolute atomic E-state index is 0.0756. The molecule has 0 aliphatic carbocycles. The van der Waals surface area contributed by atoms with Crippen LogP contribution in [0.4, 0.5) is 0 Å². The fourth-order valence-corrected chi connectivity index (χ4v) is 2.95. The van der Waals surface area contributed by atoms with E-state index in [4.69, 9.17) is 4.74 Å². The molecule has 1 saturated heterocycles. The zero-order valence-electron chi connectivity index (χ0n) is 12.5. The molecule has 0 spiro atoms. The lowest BCUT2D eigenvalue weighted by atomic mass is 10.0. The van der Waals surface area contributed by atoms with E-state index in [1.807, 2.05) is 24.1 Å². The number of aromatic nitrogens is 3. The van der Waals surface area contributed by atoms with E-state index in [1.54, 1.807) is 13.3 Å². The Kier molecular flexibility index (Phi) is 3.88. The van der Waals surface area contributed by atoms with Gasteiger partial charge >= 0.3 is 0 Å². The topological polar surface area (TPSA) is 60.2 Å². The normalized spacial score (nSPS) is 18.6. The number of methoxy groups -OCH3 is 1. The van der Waals surface area contributed by atoms with Crippen molar-refractivity contribution in [3.63, 3.8) is 0 Å². The molecule has 3 rings (SSSR count). The van der Waals surface area contributed by atoms with Crippen LogP contribution in [0.15, 0.2) is 18.3 Å². The largest absolute Gasteiger partial charge is 0.375 e. The van der Waals surface area contributed by atoms with Gasteiger partial charge in [0.2, 0.25) is 5.91 Å². The number of carbonyl (C=O) groups is 1. The lowest BCUT2D eigenvalue weighted by molar-refractivity contribution is -0.134. The van der Waals surface area contributed by atoms with Gasteiger partial charge < -0.3 is 14.2 Å². The second kappa shape index (κ2) is 5.81. The van der Waals surface area contributed by atoms with Crippen molar-refractivity contribution < 1.29 is 9.53 Å². The van der Waals surface area contributed by atoms with Crippen LogP contribution in [0, 0.1) is 5.92 Å². The van der Waals surface area contributed by atoms with E-state index in [1.165, 1.54) is 0 Å². The highest BCUT2D eigenvalue weighted by Gasteiger charge is 2.27. The molecule has 1 aliphatic rings. The van der Waals surface area contributed by atoms with Crippen molar-refractivity contribution in [3.05, 3.63) is 24.2 Å². The summed E-state index contributed by atoms with van der Waals surface area (Å²) in [6.45, 7) is 1.77. The summed E-state index contributed by atoms with van der Waals surface area (Å²) >= 11 is 0. The molecule has 0 radical (unpaired) electrons. The molecule has 1 aliphatic heterocycles. The second-order valence-electron chi connectivity index (χ2n) is 5.56. The fourth-order valence-electron chi connectivity index (χ4n) is 2.95. The maximum Gasteiger partial charge on any atom is 0.248 e. The summed E-state index contributed by atoms with van der Waals surface area (Å²) in [5.74, 6) is 1.57. The zero-order valence-corrected chi connectivity index (χ0v) is 12.5. The highest BCUT2D eigenvalue weighted by Crippen LogP contribution is 2.22. The van der Waals surface area contributed by atoms with E-state index in [-0.39, 0.29) is 12.5 Å². The Bertz CT molecular complexity index is 652. The second-order valence-corrected chi connectivity index (χ2v) is 5.56. The molecule has 6 heteroatoms. The van der Waals surface area contributed by atoms with Gasteiger partial charge in [-0.15, -0.1) is 0 Å². The molecule has 0 aromatic carbocycles. The maximum absolute atomic E-state index is 11.8. The van der Waals surface area contributed by atoms with Gasteiger partial charge in [-0.05, 0) is 24.5 Å². The Morgan fingerprint density at radius 2 is 2.38 bits per heavy atom. The van der Waals surface area contributed by atoms with Crippen molar-refractivity contribution in [2.75, 3.05) is 26.8 Å². The molecule has 6 nitrogen and oxygen atoms in total. The van der Waals surface area contributed by atoms with Crippen molar-refractivity contribution >= 4 is 17.1 Å². The standard InChI is InChI=1S/C15H20N4O2/c1-18-13(17-12-4-3-6-16-15(12)18)8-11-5-7-19(9-11)14(20)10-21-2/h3-4,6,11H,5,7-10H2,1-2H3/t11-/m0/s1. The molecule has 1 atom stereocenters. The highest BCUT2D eigenvalue weighted by molar-refractivity contribution is 5.77. The van der Waals surface area contributed by atoms with Crippen LogP contribution < -0.4 is 0 Å². The van der Waals surface area contributed by atoms with E-state index in [2.05, 4.69) is 14.5 Å². The average Bonchev–Trinajstić information content (AvgIpc) is 3.06. The number of rotatable bonds is 4. The zero-order chi connectivity index (χ0) is 14.8. The number of ether oxygens (including phenoxy) is 1. The molecular formula is C15H20N4O2. The van der Waals surface area contributed by atoms with Gasteiger partial charge in [-0.1, -0.05) is 0 Å². The Hall–Kier alpha value is -1.95. The van der Waals surface area contributed by atoms with Gasteiger partial charge in [0, 0.05) is 39.9 Å². The molecule has 21 heavy (non-hydrogen) atoms. The van der Waals surface area contributed by atoms with E-state index >= 15 is 0 Å². The Morgan fingerprint density at radius 1 is 1.52 bits per heavy atom. The summed E-state index contributed by atoms with van der Waals surface area (Å²) in [6, 6.07) is 3.88. The van der Waals surface area contributed by atoms with Crippen LogP contribution in [0.5, 0.6) is 0 Å². The number of carbonyl (C=O) groups excluding carboxylic acids is 1. The van der Waals surface area contributed by atoms with Crippen LogP contribution in [0.3, 0.4) is 0 Å². The number of hydrogen-bond donors (Lipinski definition) is 0. The third-order valence-electron chi connectivity index (χ3n) is 4.10. The van der Waals surface area contributed by atoms with Gasteiger partial charge in [0.05, 0.1) is 0 Å². The predicted molar refractivity (Wildman–Crippen MR) is 78.8 cm³/mol. The minimum atomic E-state index is 0.0756. The van der Waals surface area contributed by atoms with E-state index in [9.17, 15) is 4.79 Å². The summed E-state index contributed by atoms with van der Waals surface area (Å²) in [4.78, 5) is 22.7. The first kappa shape index (κ1) is 14.0. The summed E-state index contributed by atoms with van der Waals surface area (Å²) < 4.78 is 6.96. The third-order valence-corrected chi connectivity index (χ3v) is 4.10. The van der Waals surface area contributed by atoms with Crippen molar-refractivity contribution in [2.24, 2.45) is 13.0 Å². The van der Waals surface area contributed by atoms with Crippen LogP contribution in [0.25, 0.3) is 11.2 Å². The van der Waals surface area contributed by atoms with Crippen LogP contribution >= 0.6 is 0 Å². The molecule has 2 aromatic heterocycles. The van der Waals surface area contributed by atoms with Gasteiger partial charge in [0.15, 0.2) is 5.65 Å². The molecule has 1 fully saturated rings. The number of fused-ring (bicyclic) bond motifs is 1. The lowest BCUT2D eigenvalue weighted by Gasteiger charge is -2.15. The molecule has 2 aromatic rings. The van der Waals surface area contributed by atoms with E-state index in [0.29, 0.717) is 5.92 Å². The SMILES string of the molecule is COCC(=O)N1CC[C@@H](Cc2nc3cccnc3n2C)C1. The van der Waals surface area contributed by atoms with Crippen molar-refractivity contribution in [3.8, 4) is 0 Å². The summed E-state index contributed by atoms with van der Waals surface area (Å²) in [5, 5.41) is 0. The molecule has 112 valence electrons. The quantitative estimate of drug-likeness (QED) is 0.842. The first-order chi connectivity index (χ1) is 10.2. The maximum atomic E-state index is 11.8. The fraction of sp³-hybridized carbons (Fsp3) is 0.533. The highest BCUT2D eigenvalue weighted by atomic mass is 16.5. The van der Waals surface area contributed by atoms with Crippen molar-refractivity contribution in [2.45, 2.75) is 12.8 Å². The Morgan fingerprint density at radius 3 is 3.14 bits per heavy atom. The number of nitrogens with zero attached hydrogens (tertiary/aromatic N) is 4. The molecule has 0 unspecified atom stereocenters. The third kappa shape index (κ3) is 2.76. The average molecular weight is 288 g/mol. The number of pyridine rings is 1. The molecule has 0 bridgehead atoms. The van der Waals surface area contributed by atoms with Gasteiger partial charge in [0.25, 0.3) is 0 Å². The van der Waals surface area contributed by atoms with Gasteiger partial charge in [0.1, 0.15) is 17.9 Å². The number of amides is 1. The van der Waals surface area contributed by atoms with E-state index < -0.39 is 0 Å². The van der Waals surface area contributed by atoms with Crippen molar-refractivity contribution in [1.29, 1.82) is 0 Å². The van der Waals surface area contributed by atoms with Gasteiger partial charge in [-0.25, -0.2) is 9.97 Å². The molecule has 0 saturated carbocycles. The first-order valence-corrected chi connectivity index (χ1v) is 7.22.